The van der Waals surface area contributed by atoms with Crippen molar-refractivity contribution in [1.82, 2.24) is 5.43 Å². The number of amides is 2. The Morgan fingerprint density at radius 2 is 2.00 bits per heavy atom. The molecule has 2 amide bonds. The number of hydrogen-bond acceptors (Lipinski definition) is 4. The number of para-hydroxylation sites is 1. The molecule has 2 aromatic carbocycles. The van der Waals surface area contributed by atoms with Crippen LogP contribution in [0.2, 0.25) is 0 Å². The zero-order valence-corrected chi connectivity index (χ0v) is 15.8. The highest BCUT2D eigenvalue weighted by atomic mass is 79.9. The van der Waals surface area contributed by atoms with Gasteiger partial charge in [-0.15, -0.1) is 0 Å². The van der Waals surface area contributed by atoms with Crippen molar-refractivity contribution in [1.29, 1.82) is 0 Å². The lowest BCUT2D eigenvalue weighted by Gasteiger charge is -2.06. The number of nitrogens with one attached hydrogen (secondary N) is 2. The van der Waals surface area contributed by atoms with Crippen LogP contribution in [0.4, 0.5) is 10.1 Å². The maximum Gasteiger partial charge on any atom is 0.249 e. The largest absolute Gasteiger partial charge is 0.488 e. The molecule has 2 rings (SSSR count). The second-order valence-electron chi connectivity index (χ2n) is 5.29. The first kappa shape index (κ1) is 20.3. The van der Waals surface area contributed by atoms with Crippen molar-refractivity contribution in [3.63, 3.8) is 0 Å². The second kappa shape index (κ2) is 10.2. The lowest BCUT2D eigenvalue weighted by molar-refractivity contribution is -0.126. The summed E-state index contributed by atoms with van der Waals surface area (Å²) >= 11 is 3.38. The van der Waals surface area contributed by atoms with Gasteiger partial charge in [0.25, 0.3) is 0 Å². The van der Waals surface area contributed by atoms with E-state index in [9.17, 15) is 14.0 Å². The number of nitrogens with zero attached hydrogens (tertiary/aromatic N) is 1. The zero-order valence-electron chi connectivity index (χ0n) is 14.2. The monoisotopic (exact) mass is 433 g/mol. The van der Waals surface area contributed by atoms with E-state index in [0.717, 1.165) is 4.47 Å². The summed E-state index contributed by atoms with van der Waals surface area (Å²) in [4.78, 5) is 23.5. The molecule has 0 saturated heterocycles. The molecule has 2 N–H and O–H groups in total. The van der Waals surface area contributed by atoms with Crippen molar-refractivity contribution in [3.05, 3.63) is 71.0 Å². The average Bonchev–Trinajstić information content (AvgIpc) is 2.63. The molecule has 2 aromatic rings. The number of rotatable bonds is 8. The Bertz CT molecular complexity index is 871. The first-order valence-electron chi connectivity index (χ1n) is 7.89. The Labute approximate surface area is 164 Å². The number of carbonyl (C=O) groups is 2. The molecule has 0 aliphatic carbocycles. The van der Waals surface area contributed by atoms with Crippen molar-refractivity contribution in [2.75, 3.05) is 11.9 Å². The van der Waals surface area contributed by atoms with E-state index < -0.39 is 24.1 Å². The molecule has 0 bridgehead atoms. The number of anilines is 1. The highest BCUT2D eigenvalue weighted by Gasteiger charge is 2.11. The molecular formula is C19H17BrFN3O3. The van der Waals surface area contributed by atoms with Crippen molar-refractivity contribution in [2.24, 2.45) is 5.10 Å². The standard InChI is InChI=1S/C19H17BrFN3O3/c1-2-9-27-17-8-7-13(10-14(17)20)12-22-24-19(26)11-18(25)23-16-6-4-3-5-15(16)21/h2-8,10,12H,1,9,11H2,(H,23,25)(H,24,26). The van der Waals surface area contributed by atoms with Crippen LogP contribution < -0.4 is 15.5 Å². The van der Waals surface area contributed by atoms with E-state index in [2.05, 4.69) is 38.4 Å². The number of ether oxygens (including phenoxy) is 1. The summed E-state index contributed by atoms with van der Waals surface area (Å²) in [5.41, 5.74) is 2.98. The SMILES string of the molecule is C=CCOc1ccc(C=NNC(=O)CC(=O)Nc2ccccc2F)cc1Br. The number of benzene rings is 2. The van der Waals surface area contributed by atoms with E-state index in [1.165, 1.54) is 24.4 Å². The minimum absolute atomic E-state index is 0.0161. The molecule has 8 heteroatoms. The van der Waals surface area contributed by atoms with Crippen LogP contribution in [0.25, 0.3) is 0 Å². The summed E-state index contributed by atoms with van der Waals surface area (Å²) in [6.45, 7) is 3.97. The summed E-state index contributed by atoms with van der Waals surface area (Å²) in [6, 6.07) is 11.0. The van der Waals surface area contributed by atoms with Crippen LogP contribution in [-0.2, 0) is 9.59 Å². The van der Waals surface area contributed by atoms with Crippen LogP contribution >= 0.6 is 15.9 Å². The quantitative estimate of drug-likeness (QED) is 0.288. The second-order valence-corrected chi connectivity index (χ2v) is 6.14. The third-order valence-corrected chi connectivity index (χ3v) is 3.80. The van der Waals surface area contributed by atoms with Gasteiger partial charge in [0.05, 0.1) is 16.4 Å². The van der Waals surface area contributed by atoms with Crippen molar-refractivity contribution in [3.8, 4) is 5.75 Å². The fraction of sp³-hybridized carbons (Fsp3) is 0.105. The normalized spacial score (nSPS) is 10.4. The van der Waals surface area contributed by atoms with Crippen LogP contribution in [0.15, 0.2) is 64.7 Å². The molecule has 27 heavy (non-hydrogen) atoms. The fourth-order valence-electron chi connectivity index (χ4n) is 1.98. The number of hydrogen-bond donors (Lipinski definition) is 2. The summed E-state index contributed by atoms with van der Waals surface area (Å²) < 4.78 is 19.6. The average molecular weight is 434 g/mol. The van der Waals surface area contributed by atoms with E-state index in [0.29, 0.717) is 17.9 Å². The molecule has 0 radical (unpaired) electrons. The van der Waals surface area contributed by atoms with Crippen LogP contribution in [0.3, 0.4) is 0 Å². The molecule has 6 nitrogen and oxygen atoms in total. The lowest BCUT2D eigenvalue weighted by atomic mass is 10.2. The molecule has 0 aliphatic heterocycles. The minimum Gasteiger partial charge on any atom is -0.488 e. The van der Waals surface area contributed by atoms with Gasteiger partial charge in [-0.3, -0.25) is 9.59 Å². The highest BCUT2D eigenvalue weighted by molar-refractivity contribution is 9.10. The third-order valence-electron chi connectivity index (χ3n) is 3.18. The van der Waals surface area contributed by atoms with E-state index in [1.54, 1.807) is 30.3 Å². The van der Waals surface area contributed by atoms with Crippen LogP contribution in [0.5, 0.6) is 5.75 Å². The Hall–Kier alpha value is -3.00. The smallest absolute Gasteiger partial charge is 0.249 e. The van der Waals surface area contributed by atoms with E-state index in [4.69, 9.17) is 4.74 Å². The van der Waals surface area contributed by atoms with E-state index in [-0.39, 0.29) is 5.69 Å². The fourth-order valence-corrected chi connectivity index (χ4v) is 2.50. The molecule has 0 aliphatic rings. The zero-order chi connectivity index (χ0) is 19.6. The van der Waals surface area contributed by atoms with E-state index in [1.807, 2.05) is 0 Å². The number of halogens is 2. The summed E-state index contributed by atoms with van der Waals surface area (Å²) in [5.74, 6) is -1.18. The lowest BCUT2D eigenvalue weighted by Crippen LogP contribution is -2.24. The summed E-state index contributed by atoms with van der Waals surface area (Å²) in [7, 11) is 0. The molecular weight excluding hydrogens is 417 g/mol. The number of carbonyl (C=O) groups excluding carboxylic acids is 2. The van der Waals surface area contributed by atoms with Crippen molar-refractivity contribution in [2.45, 2.75) is 6.42 Å². The Morgan fingerprint density at radius 1 is 1.22 bits per heavy atom. The van der Waals surface area contributed by atoms with Gasteiger partial charge in [0, 0.05) is 0 Å². The Morgan fingerprint density at radius 3 is 2.70 bits per heavy atom. The van der Waals surface area contributed by atoms with Gasteiger partial charge < -0.3 is 10.1 Å². The Balaban J connectivity index is 1.84. The molecule has 0 saturated carbocycles. The van der Waals surface area contributed by atoms with Gasteiger partial charge in [-0.2, -0.15) is 5.10 Å². The molecule has 140 valence electrons. The molecule has 0 heterocycles. The molecule has 0 spiro atoms. The van der Waals surface area contributed by atoms with E-state index >= 15 is 0 Å². The van der Waals surface area contributed by atoms with Crippen molar-refractivity contribution < 1.29 is 18.7 Å². The highest BCUT2D eigenvalue weighted by Crippen LogP contribution is 2.25. The van der Waals surface area contributed by atoms with Crippen LogP contribution in [-0.4, -0.2) is 24.6 Å². The number of hydrazone groups is 1. The predicted octanol–water partition coefficient (Wildman–Crippen LogP) is 3.63. The van der Waals surface area contributed by atoms with Gasteiger partial charge >= 0.3 is 0 Å². The topological polar surface area (TPSA) is 79.8 Å². The predicted molar refractivity (Wildman–Crippen MR) is 105 cm³/mol. The van der Waals surface area contributed by atoms with Crippen molar-refractivity contribution >= 4 is 39.6 Å². The first-order chi connectivity index (χ1) is 13.0. The summed E-state index contributed by atoms with van der Waals surface area (Å²) in [5, 5.41) is 6.12. The maximum absolute atomic E-state index is 13.5. The van der Waals surface area contributed by atoms with Gasteiger partial charge in [0.2, 0.25) is 11.8 Å². The summed E-state index contributed by atoms with van der Waals surface area (Å²) in [6.07, 6.45) is 2.58. The van der Waals surface area contributed by atoms with Gasteiger partial charge in [-0.25, -0.2) is 9.82 Å². The van der Waals surface area contributed by atoms with Gasteiger partial charge in [-0.1, -0.05) is 24.8 Å². The minimum atomic E-state index is -0.640. The molecule has 0 atom stereocenters. The van der Waals surface area contributed by atoms with Gasteiger partial charge in [0.15, 0.2) is 0 Å². The Kier molecular flexibility index (Phi) is 7.69. The maximum atomic E-state index is 13.5. The molecule has 0 fully saturated rings. The molecule has 0 aromatic heterocycles. The van der Waals surface area contributed by atoms with Gasteiger partial charge in [0.1, 0.15) is 24.6 Å². The molecule has 0 unspecified atom stereocenters. The van der Waals surface area contributed by atoms with Crippen LogP contribution in [0, 0.1) is 5.82 Å². The van der Waals surface area contributed by atoms with Crippen LogP contribution in [0.1, 0.15) is 12.0 Å². The third kappa shape index (κ3) is 6.67. The van der Waals surface area contributed by atoms with Gasteiger partial charge in [-0.05, 0) is 51.8 Å². The first-order valence-corrected chi connectivity index (χ1v) is 8.68.